The normalized spacial score (nSPS) is 12.9. The van der Waals surface area contributed by atoms with Crippen molar-refractivity contribution in [2.75, 3.05) is 13.7 Å². The van der Waals surface area contributed by atoms with Gasteiger partial charge >= 0.3 is 5.97 Å². The molecular formula is C20H18BrNO5. The Morgan fingerprint density at radius 1 is 1.07 bits per heavy atom. The molecule has 2 aromatic carbocycles. The van der Waals surface area contributed by atoms with E-state index in [1.165, 1.54) is 4.90 Å². The van der Waals surface area contributed by atoms with Crippen LogP contribution in [0.2, 0.25) is 0 Å². The molecule has 0 atom stereocenters. The van der Waals surface area contributed by atoms with Crippen LogP contribution >= 0.6 is 15.9 Å². The lowest BCUT2D eigenvalue weighted by molar-refractivity contribution is -0.145. The van der Waals surface area contributed by atoms with Crippen molar-refractivity contribution in [3.63, 3.8) is 0 Å². The summed E-state index contributed by atoms with van der Waals surface area (Å²) in [6.45, 7) is 0.274. The van der Waals surface area contributed by atoms with Crippen LogP contribution in [0.1, 0.15) is 39.1 Å². The largest absolute Gasteiger partial charge is 0.496 e. The monoisotopic (exact) mass is 431 g/mol. The van der Waals surface area contributed by atoms with Crippen LogP contribution in [0, 0.1) is 0 Å². The zero-order valence-electron chi connectivity index (χ0n) is 14.7. The first-order valence-corrected chi connectivity index (χ1v) is 9.24. The van der Waals surface area contributed by atoms with E-state index < -0.39 is 5.97 Å². The highest BCUT2D eigenvalue weighted by atomic mass is 79.9. The predicted octanol–water partition coefficient (Wildman–Crippen LogP) is 3.58. The van der Waals surface area contributed by atoms with E-state index in [1.54, 1.807) is 37.4 Å². The Hall–Kier alpha value is -2.67. The molecule has 1 aliphatic rings. The lowest BCUT2D eigenvalue weighted by atomic mass is 10.1. The van der Waals surface area contributed by atoms with Crippen LogP contribution in [0.3, 0.4) is 0 Å². The maximum atomic E-state index is 12.3. The number of ether oxygens (including phenoxy) is 2. The molecule has 0 N–H and O–H groups in total. The number of esters is 1. The van der Waals surface area contributed by atoms with Crippen LogP contribution < -0.4 is 4.74 Å². The van der Waals surface area contributed by atoms with Crippen molar-refractivity contribution in [3.05, 3.63) is 63.6 Å². The minimum Gasteiger partial charge on any atom is -0.496 e. The Kier molecular flexibility index (Phi) is 5.91. The second-order valence-corrected chi connectivity index (χ2v) is 6.94. The summed E-state index contributed by atoms with van der Waals surface area (Å²) < 4.78 is 11.4. The molecule has 3 rings (SSSR count). The molecule has 0 bridgehead atoms. The van der Waals surface area contributed by atoms with Crippen molar-refractivity contribution in [1.82, 2.24) is 4.90 Å². The van der Waals surface area contributed by atoms with Crippen molar-refractivity contribution in [2.45, 2.75) is 19.4 Å². The van der Waals surface area contributed by atoms with E-state index in [1.807, 2.05) is 12.1 Å². The number of hydrogen-bond donors (Lipinski definition) is 0. The number of carbonyl (C=O) groups excluding carboxylic acids is 3. The number of hydrogen-bond acceptors (Lipinski definition) is 5. The van der Waals surface area contributed by atoms with Gasteiger partial charge in [-0.2, -0.15) is 0 Å². The highest BCUT2D eigenvalue weighted by molar-refractivity contribution is 9.10. The number of halogens is 1. The van der Waals surface area contributed by atoms with Gasteiger partial charge in [-0.25, -0.2) is 0 Å². The molecule has 1 heterocycles. The van der Waals surface area contributed by atoms with Gasteiger partial charge in [0.25, 0.3) is 11.8 Å². The average molecular weight is 432 g/mol. The van der Waals surface area contributed by atoms with Crippen molar-refractivity contribution < 1.29 is 23.9 Å². The molecule has 27 heavy (non-hydrogen) atoms. The summed E-state index contributed by atoms with van der Waals surface area (Å²) in [5.41, 5.74) is 1.57. The molecule has 6 nitrogen and oxygen atoms in total. The fourth-order valence-corrected chi connectivity index (χ4v) is 3.32. The van der Waals surface area contributed by atoms with Crippen LogP contribution in [0.25, 0.3) is 0 Å². The highest BCUT2D eigenvalue weighted by Gasteiger charge is 2.34. The first-order chi connectivity index (χ1) is 13.0. The molecule has 0 aliphatic carbocycles. The molecule has 2 aromatic rings. The zero-order valence-corrected chi connectivity index (χ0v) is 16.3. The standard InChI is InChI=1S/C20H18BrNO5/c1-26-17-9-8-14(21)11-13(17)12-27-18(23)7-4-10-22-19(24)15-5-2-3-6-16(15)20(22)25/h2-3,5-6,8-9,11H,4,7,10,12H2,1H3. The van der Waals surface area contributed by atoms with E-state index >= 15 is 0 Å². The minimum atomic E-state index is -0.395. The Morgan fingerprint density at radius 2 is 1.74 bits per heavy atom. The molecule has 2 amide bonds. The van der Waals surface area contributed by atoms with Gasteiger partial charge in [-0.1, -0.05) is 28.1 Å². The van der Waals surface area contributed by atoms with E-state index in [2.05, 4.69) is 15.9 Å². The Bertz CT molecular complexity index is 861. The SMILES string of the molecule is COc1ccc(Br)cc1COC(=O)CCCN1C(=O)c2ccccc2C1=O. The van der Waals surface area contributed by atoms with Crippen LogP contribution in [0.4, 0.5) is 0 Å². The summed E-state index contributed by atoms with van der Waals surface area (Å²) in [5.74, 6) is -0.392. The van der Waals surface area contributed by atoms with Crippen molar-refractivity contribution in [3.8, 4) is 5.75 Å². The summed E-state index contributed by atoms with van der Waals surface area (Å²) >= 11 is 3.37. The predicted molar refractivity (Wildman–Crippen MR) is 102 cm³/mol. The third-order valence-electron chi connectivity index (χ3n) is 4.27. The summed E-state index contributed by atoms with van der Waals surface area (Å²) in [5, 5.41) is 0. The summed E-state index contributed by atoms with van der Waals surface area (Å²) in [7, 11) is 1.55. The molecule has 7 heteroatoms. The molecule has 0 fully saturated rings. The van der Waals surface area contributed by atoms with E-state index in [0.717, 1.165) is 10.0 Å². The Balaban J connectivity index is 1.49. The lowest BCUT2D eigenvalue weighted by Gasteiger charge is -2.13. The van der Waals surface area contributed by atoms with E-state index in [-0.39, 0.29) is 31.4 Å². The van der Waals surface area contributed by atoms with Gasteiger partial charge in [0.05, 0.1) is 18.2 Å². The molecule has 0 saturated heterocycles. The van der Waals surface area contributed by atoms with Crippen LogP contribution in [-0.2, 0) is 16.1 Å². The quantitative estimate of drug-likeness (QED) is 0.494. The van der Waals surface area contributed by atoms with Gasteiger partial charge < -0.3 is 9.47 Å². The molecule has 1 aliphatic heterocycles. The van der Waals surface area contributed by atoms with Crippen LogP contribution in [0.5, 0.6) is 5.75 Å². The zero-order chi connectivity index (χ0) is 19.4. The van der Waals surface area contributed by atoms with E-state index in [9.17, 15) is 14.4 Å². The first kappa shape index (κ1) is 19.1. The third-order valence-corrected chi connectivity index (χ3v) is 4.77. The maximum absolute atomic E-state index is 12.3. The summed E-state index contributed by atoms with van der Waals surface area (Å²) in [6, 6.07) is 12.2. The number of methoxy groups -OCH3 is 1. The van der Waals surface area contributed by atoms with Gasteiger partial charge in [-0.3, -0.25) is 19.3 Å². The second-order valence-electron chi connectivity index (χ2n) is 6.03. The first-order valence-electron chi connectivity index (χ1n) is 8.44. The molecule has 0 aromatic heterocycles. The second kappa shape index (κ2) is 8.35. The smallest absolute Gasteiger partial charge is 0.306 e. The number of nitrogens with zero attached hydrogens (tertiary/aromatic N) is 1. The van der Waals surface area contributed by atoms with Crippen molar-refractivity contribution in [1.29, 1.82) is 0 Å². The number of amides is 2. The molecule has 140 valence electrons. The van der Waals surface area contributed by atoms with E-state index in [0.29, 0.717) is 23.3 Å². The fourth-order valence-electron chi connectivity index (χ4n) is 2.91. The molecular weight excluding hydrogens is 414 g/mol. The molecule has 0 radical (unpaired) electrons. The van der Waals surface area contributed by atoms with E-state index in [4.69, 9.17) is 9.47 Å². The molecule has 0 spiro atoms. The van der Waals surface area contributed by atoms with Gasteiger partial charge in [0, 0.05) is 23.0 Å². The average Bonchev–Trinajstić information content (AvgIpc) is 2.91. The van der Waals surface area contributed by atoms with Crippen molar-refractivity contribution >= 4 is 33.7 Å². The van der Waals surface area contributed by atoms with Crippen LogP contribution in [-0.4, -0.2) is 36.3 Å². The molecule has 0 unspecified atom stereocenters. The van der Waals surface area contributed by atoms with Crippen molar-refractivity contribution in [2.24, 2.45) is 0 Å². The topological polar surface area (TPSA) is 72.9 Å². The Morgan fingerprint density at radius 3 is 2.37 bits per heavy atom. The number of imide groups is 1. The van der Waals surface area contributed by atoms with Gasteiger partial charge in [0.15, 0.2) is 0 Å². The number of rotatable bonds is 7. The maximum Gasteiger partial charge on any atom is 0.306 e. The van der Waals surface area contributed by atoms with Gasteiger partial charge in [-0.15, -0.1) is 0 Å². The van der Waals surface area contributed by atoms with Crippen LogP contribution in [0.15, 0.2) is 46.9 Å². The van der Waals surface area contributed by atoms with Gasteiger partial charge in [-0.05, 0) is 36.8 Å². The summed E-state index contributed by atoms with van der Waals surface area (Å²) in [4.78, 5) is 37.7. The summed E-state index contributed by atoms with van der Waals surface area (Å²) in [6.07, 6.45) is 0.462. The number of benzene rings is 2. The fraction of sp³-hybridized carbons (Fsp3) is 0.250. The Labute approximate surface area is 165 Å². The van der Waals surface area contributed by atoms with Gasteiger partial charge in [0.2, 0.25) is 0 Å². The lowest BCUT2D eigenvalue weighted by Crippen LogP contribution is -2.31. The molecule has 0 saturated carbocycles. The number of carbonyl (C=O) groups is 3. The number of fused-ring (bicyclic) bond motifs is 1. The van der Waals surface area contributed by atoms with Gasteiger partial charge in [0.1, 0.15) is 12.4 Å². The third kappa shape index (κ3) is 4.19. The minimum absolute atomic E-state index is 0.0917. The highest BCUT2D eigenvalue weighted by Crippen LogP contribution is 2.24.